The van der Waals surface area contributed by atoms with Crippen LogP contribution in [0.2, 0.25) is 0 Å². The molecule has 3 aromatic heterocycles. The molecule has 2 atom stereocenters. The van der Waals surface area contributed by atoms with E-state index >= 15 is 0 Å². The fourth-order valence-corrected chi connectivity index (χ4v) is 5.25. The van der Waals surface area contributed by atoms with Gasteiger partial charge in [0.2, 0.25) is 0 Å². The molecule has 0 bridgehead atoms. The number of imidazole rings is 1. The van der Waals surface area contributed by atoms with Crippen molar-refractivity contribution >= 4 is 33.5 Å². The van der Waals surface area contributed by atoms with Crippen molar-refractivity contribution in [2.45, 2.75) is 46.1 Å². The normalized spacial score (nSPS) is 20.4. The molecule has 0 aliphatic carbocycles. The number of thiazole rings is 2. The number of aromatic nitrogens is 3. The number of ether oxygens (including phenoxy) is 1. The molecule has 0 radical (unpaired) electrons. The van der Waals surface area contributed by atoms with Crippen LogP contribution in [0.15, 0.2) is 17.0 Å². The van der Waals surface area contributed by atoms with Crippen LogP contribution >= 0.6 is 22.7 Å². The Balaban J connectivity index is 1.58. The van der Waals surface area contributed by atoms with Gasteiger partial charge in [0.1, 0.15) is 5.01 Å². The van der Waals surface area contributed by atoms with E-state index in [2.05, 4.69) is 27.3 Å². The van der Waals surface area contributed by atoms with Crippen LogP contribution in [0.5, 0.6) is 0 Å². The molecule has 4 rings (SSSR count). The van der Waals surface area contributed by atoms with E-state index in [1.165, 1.54) is 0 Å². The third-order valence-electron chi connectivity index (χ3n) is 4.76. The molecule has 9 heteroatoms. The zero-order valence-electron chi connectivity index (χ0n) is 16.6. The van der Waals surface area contributed by atoms with Gasteiger partial charge in [0.15, 0.2) is 10.7 Å². The van der Waals surface area contributed by atoms with Gasteiger partial charge in [-0.05, 0) is 27.8 Å². The Kier molecular flexibility index (Phi) is 5.50. The molecule has 0 N–H and O–H groups in total. The molecule has 1 aliphatic heterocycles. The Labute approximate surface area is 172 Å². The summed E-state index contributed by atoms with van der Waals surface area (Å²) in [6, 6.07) is 0. The van der Waals surface area contributed by atoms with Gasteiger partial charge in [-0.25, -0.2) is 9.97 Å². The molecular formula is C19H25N5O2S2. The lowest BCUT2D eigenvalue weighted by atomic mass is 10.2. The van der Waals surface area contributed by atoms with E-state index in [-0.39, 0.29) is 18.1 Å². The molecule has 1 fully saturated rings. The van der Waals surface area contributed by atoms with Crippen LogP contribution in [-0.2, 0) is 17.8 Å². The number of carbonyl (C=O) groups is 1. The second kappa shape index (κ2) is 7.90. The first-order valence-corrected chi connectivity index (χ1v) is 11.2. The molecule has 0 saturated carbocycles. The minimum Gasteiger partial charge on any atom is -0.372 e. The number of carbonyl (C=O) groups excluding carboxylic acids is 1. The summed E-state index contributed by atoms with van der Waals surface area (Å²) in [7, 11) is 2.05. The third kappa shape index (κ3) is 3.98. The number of amides is 1. The Morgan fingerprint density at radius 3 is 2.68 bits per heavy atom. The van der Waals surface area contributed by atoms with Gasteiger partial charge < -0.3 is 9.64 Å². The largest absolute Gasteiger partial charge is 0.372 e. The predicted molar refractivity (Wildman–Crippen MR) is 111 cm³/mol. The first-order chi connectivity index (χ1) is 13.4. The van der Waals surface area contributed by atoms with Gasteiger partial charge >= 0.3 is 0 Å². The van der Waals surface area contributed by atoms with E-state index < -0.39 is 0 Å². The predicted octanol–water partition coefficient (Wildman–Crippen LogP) is 3.04. The van der Waals surface area contributed by atoms with Crippen LogP contribution < -0.4 is 0 Å². The minimum atomic E-state index is -0.00797. The molecule has 28 heavy (non-hydrogen) atoms. The molecule has 0 spiro atoms. The first kappa shape index (κ1) is 19.5. The minimum absolute atomic E-state index is 0.00797. The van der Waals surface area contributed by atoms with Gasteiger partial charge in [0.05, 0.1) is 24.4 Å². The maximum atomic E-state index is 13.3. The van der Waals surface area contributed by atoms with Gasteiger partial charge in [-0.2, -0.15) is 0 Å². The van der Waals surface area contributed by atoms with Crippen molar-refractivity contribution in [2.75, 3.05) is 20.1 Å². The van der Waals surface area contributed by atoms with Crippen LogP contribution in [0, 0.1) is 6.92 Å². The molecule has 4 heterocycles. The van der Waals surface area contributed by atoms with Crippen LogP contribution in [0.1, 0.15) is 40.7 Å². The lowest BCUT2D eigenvalue weighted by molar-refractivity contribution is -0.0587. The molecule has 1 aliphatic rings. The Morgan fingerprint density at radius 1 is 1.25 bits per heavy atom. The van der Waals surface area contributed by atoms with Gasteiger partial charge in [0, 0.05) is 42.3 Å². The van der Waals surface area contributed by atoms with Crippen molar-refractivity contribution < 1.29 is 9.53 Å². The van der Waals surface area contributed by atoms with Crippen molar-refractivity contribution in [3.05, 3.63) is 39.0 Å². The summed E-state index contributed by atoms with van der Waals surface area (Å²) in [5, 5.41) is 5.15. The highest BCUT2D eigenvalue weighted by molar-refractivity contribution is 7.15. The Hall–Kier alpha value is -1.81. The molecule has 0 unspecified atom stereocenters. The summed E-state index contributed by atoms with van der Waals surface area (Å²) in [6.45, 7) is 8.60. The summed E-state index contributed by atoms with van der Waals surface area (Å²) in [4.78, 5) is 27.4. The van der Waals surface area contributed by atoms with Crippen LogP contribution in [-0.4, -0.2) is 62.4 Å². The highest BCUT2D eigenvalue weighted by Gasteiger charge is 2.30. The fraction of sp³-hybridized carbons (Fsp3) is 0.526. The smallest absolute Gasteiger partial charge is 0.274 e. The molecule has 3 aromatic rings. The highest BCUT2D eigenvalue weighted by Crippen LogP contribution is 2.23. The lowest BCUT2D eigenvalue weighted by Crippen LogP contribution is -2.48. The number of hydrogen-bond acceptors (Lipinski definition) is 7. The molecule has 1 amide bonds. The van der Waals surface area contributed by atoms with Gasteiger partial charge in [-0.15, -0.1) is 22.7 Å². The van der Waals surface area contributed by atoms with Crippen molar-refractivity contribution in [3.63, 3.8) is 0 Å². The van der Waals surface area contributed by atoms with Crippen molar-refractivity contribution in [3.8, 4) is 0 Å². The summed E-state index contributed by atoms with van der Waals surface area (Å²) >= 11 is 3.22. The van der Waals surface area contributed by atoms with E-state index in [4.69, 9.17) is 4.74 Å². The van der Waals surface area contributed by atoms with Crippen LogP contribution in [0.3, 0.4) is 0 Å². The Bertz CT molecular complexity index is 968. The van der Waals surface area contributed by atoms with Crippen molar-refractivity contribution in [2.24, 2.45) is 0 Å². The summed E-state index contributed by atoms with van der Waals surface area (Å²) in [5.41, 5.74) is 2.53. The second-order valence-electron chi connectivity index (χ2n) is 7.49. The summed E-state index contributed by atoms with van der Waals surface area (Å²) in [6.07, 6.45) is 2.07. The molecule has 0 aromatic carbocycles. The van der Waals surface area contributed by atoms with Crippen molar-refractivity contribution in [1.82, 2.24) is 24.2 Å². The number of fused-ring (bicyclic) bond motifs is 1. The third-order valence-corrected chi connectivity index (χ3v) is 6.47. The maximum Gasteiger partial charge on any atom is 0.274 e. The lowest BCUT2D eigenvalue weighted by Gasteiger charge is -2.35. The zero-order chi connectivity index (χ0) is 19.8. The van der Waals surface area contributed by atoms with E-state index in [0.717, 1.165) is 27.9 Å². The number of aryl methyl sites for hydroxylation is 1. The van der Waals surface area contributed by atoms with E-state index in [9.17, 15) is 4.79 Å². The average molecular weight is 420 g/mol. The maximum absolute atomic E-state index is 13.3. The number of nitrogens with zero attached hydrogens (tertiary/aromatic N) is 5. The number of rotatable bonds is 5. The summed E-state index contributed by atoms with van der Waals surface area (Å²) < 4.78 is 7.81. The quantitative estimate of drug-likeness (QED) is 0.636. The zero-order valence-corrected chi connectivity index (χ0v) is 18.2. The second-order valence-corrected chi connectivity index (χ2v) is 9.30. The fourth-order valence-electron chi connectivity index (χ4n) is 3.67. The van der Waals surface area contributed by atoms with Crippen molar-refractivity contribution in [1.29, 1.82) is 0 Å². The SMILES string of the molecule is Cc1csc(CN(C)Cc2c(C(=O)N3C[C@@H](C)O[C@@H](C)C3)nc3sccn23)n1. The summed E-state index contributed by atoms with van der Waals surface area (Å²) in [5.74, 6) is -0.00797. The van der Waals surface area contributed by atoms with Gasteiger partial charge in [0.25, 0.3) is 5.91 Å². The standard InChI is InChI=1S/C19H25N5O2S2/c1-12-11-28-16(20-12)10-22(4)9-15-17(21-19-24(15)5-6-27-19)18(25)23-7-13(2)26-14(3)8-23/h5-6,11,13-14H,7-10H2,1-4H3/t13-,14+. The van der Waals surface area contributed by atoms with Gasteiger partial charge in [-0.1, -0.05) is 0 Å². The number of hydrogen-bond donors (Lipinski definition) is 0. The van der Waals surface area contributed by atoms with Crippen LogP contribution in [0.25, 0.3) is 4.96 Å². The topological polar surface area (TPSA) is 63.0 Å². The van der Waals surface area contributed by atoms with E-state index in [1.807, 2.05) is 41.6 Å². The van der Waals surface area contributed by atoms with E-state index in [1.54, 1.807) is 22.7 Å². The Morgan fingerprint density at radius 2 is 2.00 bits per heavy atom. The van der Waals surface area contributed by atoms with E-state index in [0.29, 0.717) is 25.3 Å². The van der Waals surface area contributed by atoms with Gasteiger partial charge in [-0.3, -0.25) is 14.1 Å². The molecule has 7 nitrogen and oxygen atoms in total. The monoisotopic (exact) mass is 419 g/mol. The average Bonchev–Trinajstić information content (AvgIpc) is 3.31. The van der Waals surface area contributed by atoms with Crippen LogP contribution in [0.4, 0.5) is 0 Å². The molecular weight excluding hydrogens is 394 g/mol. The molecule has 150 valence electrons. The first-order valence-electron chi connectivity index (χ1n) is 9.39. The number of morpholine rings is 1. The molecule has 1 saturated heterocycles. The highest BCUT2D eigenvalue weighted by atomic mass is 32.1.